The van der Waals surface area contributed by atoms with Crippen molar-refractivity contribution in [3.05, 3.63) is 23.9 Å². The van der Waals surface area contributed by atoms with E-state index >= 15 is 0 Å². The highest BCUT2D eigenvalue weighted by Crippen LogP contribution is 2.28. The third-order valence-corrected chi connectivity index (χ3v) is 3.36. The molecule has 1 aliphatic heterocycles. The first-order valence-corrected chi connectivity index (χ1v) is 6.03. The van der Waals surface area contributed by atoms with E-state index in [1.807, 2.05) is 18.2 Å². The number of nitrogens with one attached hydrogen (secondary N) is 1. The lowest BCUT2D eigenvalue weighted by molar-refractivity contribution is 0.389. The molecule has 1 saturated heterocycles. The van der Waals surface area contributed by atoms with Gasteiger partial charge in [0.1, 0.15) is 0 Å². The molecule has 2 aromatic rings. The van der Waals surface area contributed by atoms with Crippen LogP contribution in [0, 0.1) is 0 Å². The van der Waals surface area contributed by atoms with Crippen molar-refractivity contribution in [2.45, 2.75) is 25.3 Å². The first-order valence-electron chi connectivity index (χ1n) is 6.03. The molecule has 3 rings (SSSR count). The van der Waals surface area contributed by atoms with Crippen molar-refractivity contribution in [2.24, 2.45) is 0 Å². The molecule has 0 bridgehead atoms. The maximum absolute atomic E-state index is 5.38. The number of aromatic nitrogens is 1. The summed E-state index contributed by atoms with van der Waals surface area (Å²) in [6.45, 7) is 1.11. The number of hydrogen-bond acceptors (Lipinski definition) is 4. The van der Waals surface area contributed by atoms with E-state index in [1.54, 1.807) is 7.11 Å². The van der Waals surface area contributed by atoms with Crippen LogP contribution in [0.4, 0.5) is 0 Å². The lowest BCUT2D eigenvalue weighted by Crippen LogP contribution is -2.23. The Hall–Kier alpha value is -1.55. The second-order valence-corrected chi connectivity index (χ2v) is 4.46. The summed E-state index contributed by atoms with van der Waals surface area (Å²) in [7, 11) is 1.65. The molecule has 1 N–H and O–H groups in total. The van der Waals surface area contributed by atoms with Crippen molar-refractivity contribution in [1.82, 2.24) is 10.5 Å². The third kappa shape index (κ3) is 1.89. The molecule has 0 aliphatic carbocycles. The molecule has 0 saturated carbocycles. The Bertz CT molecular complexity index is 515. The van der Waals surface area contributed by atoms with Crippen molar-refractivity contribution in [3.63, 3.8) is 0 Å². The molecule has 1 aromatic heterocycles. The predicted molar refractivity (Wildman–Crippen MR) is 65.3 cm³/mol. The molecule has 90 valence electrons. The number of nitrogens with zero attached hydrogens (tertiary/aromatic N) is 1. The van der Waals surface area contributed by atoms with Gasteiger partial charge in [-0.3, -0.25) is 0 Å². The second-order valence-electron chi connectivity index (χ2n) is 4.46. The summed E-state index contributed by atoms with van der Waals surface area (Å²) in [4.78, 5) is 0. The Labute approximate surface area is 99.9 Å². The van der Waals surface area contributed by atoms with Crippen LogP contribution in [0.5, 0.6) is 5.75 Å². The van der Waals surface area contributed by atoms with Gasteiger partial charge in [0, 0.05) is 17.8 Å². The van der Waals surface area contributed by atoms with Crippen LogP contribution < -0.4 is 10.1 Å². The average molecular weight is 232 g/mol. The number of hydrogen-bond donors (Lipinski definition) is 1. The fourth-order valence-corrected chi connectivity index (χ4v) is 2.46. The molecule has 1 aromatic carbocycles. The van der Waals surface area contributed by atoms with E-state index in [-0.39, 0.29) is 0 Å². The Morgan fingerprint density at radius 1 is 1.53 bits per heavy atom. The Kier molecular flexibility index (Phi) is 2.73. The van der Waals surface area contributed by atoms with Crippen LogP contribution in [-0.2, 0) is 6.42 Å². The summed E-state index contributed by atoms with van der Waals surface area (Å²) in [6, 6.07) is 6.45. The number of rotatable bonds is 3. The first kappa shape index (κ1) is 10.6. The van der Waals surface area contributed by atoms with Crippen molar-refractivity contribution in [1.29, 1.82) is 0 Å². The molecule has 17 heavy (non-hydrogen) atoms. The minimum Gasteiger partial charge on any atom is -0.493 e. The van der Waals surface area contributed by atoms with E-state index in [0.29, 0.717) is 6.04 Å². The smallest absolute Gasteiger partial charge is 0.208 e. The zero-order valence-corrected chi connectivity index (χ0v) is 9.90. The van der Waals surface area contributed by atoms with Crippen LogP contribution in [-0.4, -0.2) is 24.9 Å². The minimum atomic E-state index is 0.537. The zero-order valence-electron chi connectivity index (χ0n) is 9.90. The van der Waals surface area contributed by atoms with Crippen molar-refractivity contribution in [3.8, 4) is 5.75 Å². The standard InChI is InChI=1S/C13H16N2O2/c1-16-12-6-2-5-10-11(15-17-13(10)12)8-9-4-3-7-14-9/h2,5-6,9,14H,3-4,7-8H2,1H3. The molecule has 0 radical (unpaired) electrons. The molecule has 1 aliphatic rings. The van der Waals surface area contributed by atoms with Gasteiger partial charge in [-0.05, 0) is 31.5 Å². The van der Waals surface area contributed by atoms with Crippen LogP contribution in [0.3, 0.4) is 0 Å². The largest absolute Gasteiger partial charge is 0.493 e. The quantitative estimate of drug-likeness (QED) is 0.880. The molecule has 1 atom stereocenters. The van der Waals surface area contributed by atoms with E-state index in [1.165, 1.54) is 12.8 Å². The Morgan fingerprint density at radius 3 is 3.24 bits per heavy atom. The normalized spacial score (nSPS) is 19.9. The molecule has 1 fully saturated rings. The molecule has 4 nitrogen and oxygen atoms in total. The third-order valence-electron chi connectivity index (χ3n) is 3.36. The summed E-state index contributed by atoms with van der Waals surface area (Å²) in [6.07, 6.45) is 3.41. The van der Waals surface area contributed by atoms with E-state index in [0.717, 1.165) is 35.4 Å². The number of fused-ring (bicyclic) bond motifs is 1. The van der Waals surface area contributed by atoms with Crippen LogP contribution in [0.25, 0.3) is 11.0 Å². The van der Waals surface area contributed by atoms with Crippen LogP contribution in [0.1, 0.15) is 18.5 Å². The summed E-state index contributed by atoms with van der Waals surface area (Å²) < 4.78 is 10.6. The van der Waals surface area contributed by atoms with Crippen LogP contribution in [0.15, 0.2) is 22.7 Å². The second kappa shape index (κ2) is 4.37. The van der Waals surface area contributed by atoms with Crippen molar-refractivity contribution >= 4 is 11.0 Å². The highest BCUT2D eigenvalue weighted by Gasteiger charge is 2.19. The van der Waals surface area contributed by atoms with E-state index in [2.05, 4.69) is 10.5 Å². The topological polar surface area (TPSA) is 47.3 Å². The fourth-order valence-electron chi connectivity index (χ4n) is 2.46. The van der Waals surface area contributed by atoms with Gasteiger partial charge in [0.25, 0.3) is 0 Å². The lowest BCUT2D eigenvalue weighted by Gasteiger charge is -2.06. The highest BCUT2D eigenvalue weighted by atomic mass is 16.5. The summed E-state index contributed by atoms with van der Waals surface area (Å²) in [5, 5.41) is 8.72. The van der Waals surface area contributed by atoms with Crippen molar-refractivity contribution in [2.75, 3.05) is 13.7 Å². The van der Waals surface area contributed by atoms with Gasteiger partial charge in [0.05, 0.1) is 12.8 Å². The predicted octanol–water partition coefficient (Wildman–Crippen LogP) is 2.13. The van der Waals surface area contributed by atoms with Gasteiger partial charge in [-0.25, -0.2) is 0 Å². The molecule has 0 amide bonds. The summed E-state index contributed by atoms with van der Waals surface area (Å²) in [5.74, 6) is 0.751. The van der Waals surface area contributed by atoms with Gasteiger partial charge in [0.15, 0.2) is 5.75 Å². The number of benzene rings is 1. The maximum atomic E-state index is 5.38. The summed E-state index contributed by atoms with van der Waals surface area (Å²) >= 11 is 0. The van der Waals surface area contributed by atoms with Crippen LogP contribution >= 0.6 is 0 Å². The average Bonchev–Trinajstić information content (AvgIpc) is 2.99. The number of methoxy groups -OCH3 is 1. The van der Waals surface area contributed by atoms with Gasteiger partial charge in [-0.15, -0.1) is 0 Å². The Balaban J connectivity index is 1.94. The highest BCUT2D eigenvalue weighted by molar-refractivity contribution is 5.84. The SMILES string of the molecule is COc1cccc2c(CC3CCCN3)noc12. The van der Waals surface area contributed by atoms with E-state index in [4.69, 9.17) is 9.26 Å². The first-order chi connectivity index (χ1) is 8.38. The van der Waals surface area contributed by atoms with Gasteiger partial charge < -0.3 is 14.6 Å². The molecular formula is C13H16N2O2. The number of para-hydroxylation sites is 1. The lowest BCUT2D eigenvalue weighted by atomic mass is 10.1. The molecule has 2 heterocycles. The van der Waals surface area contributed by atoms with Crippen LogP contribution in [0.2, 0.25) is 0 Å². The fraction of sp³-hybridized carbons (Fsp3) is 0.462. The summed E-state index contributed by atoms with van der Waals surface area (Å²) in [5.41, 5.74) is 1.78. The Morgan fingerprint density at radius 2 is 2.47 bits per heavy atom. The molecule has 1 unspecified atom stereocenters. The molecule has 0 spiro atoms. The van der Waals surface area contributed by atoms with Gasteiger partial charge in [0.2, 0.25) is 5.58 Å². The molecular weight excluding hydrogens is 216 g/mol. The maximum Gasteiger partial charge on any atom is 0.208 e. The van der Waals surface area contributed by atoms with Crippen molar-refractivity contribution < 1.29 is 9.26 Å². The number of ether oxygens (including phenoxy) is 1. The van der Waals surface area contributed by atoms with Gasteiger partial charge in [-0.2, -0.15) is 0 Å². The van der Waals surface area contributed by atoms with Gasteiger partial charge >= 0.3 is 0 Å². The molecule has 4 heteroatoms. The minimum absolute atomic E-state index is 0.537. The van der Waals surface area contributed by atoms with Gasteiger partial charge in [-0.1, -0.05) is 11.2 Å². The zero-order chi connectivity index (χ0) is 11.7. The monoisotopic (exact) mass is 232 g/mol. The van der Waals surface area contributed by atoms with E-state index < -0.39 is 0 Å². The van der Waals surface area contributed by atoms with E-state index in [9.17, 15) is 0 Å².